The first-order chi connectivity index (χ1) is 14.4. The Kier molecular flexibility index (Phi) is 5.04. The minimum atomic E-state index is -4.55. The van der Waals surface area contributed by atoms with Crippen LogP contribution in [-0.2, 0) is 11.6 Å². The van der Waals surface area contributed by atoms with E-state index in [0.717, 1.165) is 6.07 Å². The molecule has 0 radical (unpaired) electrons. The highest BCUT2D eigenvalue weighted by Gasteiger charge is 2.45. The van der Waals surface area contributed by atoms with Gasteiger partial charge in [0.15, 0.2) is 0 Å². The van der Waals surface area contributed by atoms with Crippen molar-refractivity contribution in [3.05, 3.63) is 141 Å². The molecule has 0 saturated carbocycles. The van der Waals surface area contributed by atoms with Crippen LogP contribution in [0.3, 0.4) is 0 Å². The van der Waals surface area contributed by atoms with Crippen LogP contribution < -0.4 is 5.56 Å². The van der Waals surface area contributed by atoms with E-state index in [-0.39, 0.29) is 11.1 Å². The van der Waals surface area contributed by atoms with E-state index in [0.29, 0.717) is 16.7 Å². The summed E-state index contributed by atoms with van der Waals surface area (Å²) in [6, 6.07) is 26.6. The molecule has 0 bridgehead atoms. The number of hydrogen-bond donors (Lipinski definition) is 1. The van der Waals surface area contributed by atoms with Gasteiger partial charge in [0.2, 0.25) is 5.56 Å². The van der Waals surface area contributed by atoms with Gasteiger partial charge in [0.25, 0.3) is 0 Å². The van der Waals surface area contributed by atoms with Crippen LogP contribution in [0, 0.1) is 0 Å². The third-order valence-corrected chi connectivity index (χ3v) is 5.27. The molecule has 4 aromatic rings. The van der Waals surface area contributed by atoms with Crippen molar-refractivity contribution in [2.45, 2.75) is 11.6 Å². The monoisotopic (exact) mass is 405 g/mol. The average molecular weight is 405 g/mol. The Hall–Kier alpha value is -3.60. The standard InChI is InChI=1S/C25H18F3NO/c26-25(27,28)22-14-8-7-13-21(22)24(18-9-3-1-4-10-18,19-11-5-2-6-12-19)20-15-16-23(30)29-17-20/h1-17H,(H,29,30). The molecule has 2 nitrogen and oxygen atoms in total. The number of benzene rings is 3. The molecule has 0 aliphatic heterocycles. The average Bonchev–Trinajstić information content (AvgIpc) is 2.77. The Labute approximate surface area is 171 Å². The van der Waals surface area contributed by atoms with Gasteiger partial charge in [-0.2, -0.15) is 13.2 Å². The molecule has 0 atom stereocenters. The molecule has 0 saturated heterocycles. The van der Waals surface area contributed by atoms with Crippen molar-refractivity contribution in [3.63, 3.8) is 0 Å². The number of halogens is 3. The molecule has 0 spiro atoms. The smallest absolute Gasteiger partial charge is 0.329 e. The topological polar surface area (TPSA) is 32.9 Å². The highest BCUT2D eigenvalue weighted by Crippen LogP contribution is 2.48. The number of rotatable bonds is 4. The number of nitrogens with one attached hydrogen (secondary N) is 1. The SMILES string of the molecule is O=c1ccc(C(c2ccccc2)(c2ccccc2)c2ccccc2C(F)(F)F)c[nH]1. The van der Waals surface area contributed by atoms with E-state index in [1.165, 1.54) is 24.4 Å². The predicted octanol–water partition coefficient (Wildman–Crippen LogP) is 5.78. The van der Waals surface area contributed by atoms with Gasteiger partial charge in [-0.05, 0) is 28.3 Å². The molecule has 0 unspecified atom stereocenters. The molecule has 0 aliphatic carbocycles. The molecule has 1 N–H and O–H groups in total. The first-order valence-electron chi connectivity index (χ1n) is 9.41. The number of pyridine rings is 1. The molecule has 1 aromatic heterocycles. The molecule has 3 aromatic carbocycles. The van der Waals surface area contributed by atoms with Crippen molar-refractivity contribution in [1.82, 2.24) is 4.98 Å². The summed E-state index contributed by atoms with van der Waals surface area (Å²) in [6.07, 6.45) is -3.05. The van der Waals surface area contributed by atoms with Crippen molar-refractivity contribution in [2.75, 3.05) is 0 Å². The van der Waals surface area contributed by atoms with Gasteiger partial charge in [-0.25, -0.2) is 0 Å². The summed E-state index contributed by atoms with van der Waals surface area (Å²) in [5.74, 6) is 0. The maximum atomic E-state index is 14.1. The zero-order valence-electron chi connectivity index (χ0n) is 15.9. The third kappa shape index (κ3) is 3.32. The summed E-state index contributed by atoms with van der Waals surface area (Å²) in [6.45, 7) is 0. The van der Waals surface area contributed by atoms with E-state index < -0.39 is 17.2 Å². The summed E-state index contributed by atoms with van der Waals surface area (Å²) in [4.78, 5) is 14.4. The van der Waals surface area contributed by atoms with Crippen molar-refractivity contribution in [3.8, 4) is 0 Å². The lowest BCUT2D eigenvalue weighted by molar-refractivity contribution is -0.138. The summed E-state index contributed by atoms with van der Waals surface area (Å²) in [5.41, 5.74) is -0.349. The summed E-state index contributed by atoms with van der Waals surface area (Å²) >= 11 is 0. The van der Waals surface area contributed by atoms with E-state index in [9.17, 15) is 18.0 Å². The lowest BCUT2D eigenvalue weighted by atomic mass is 9.64. The fraction of sp³-hybridized carbons (Fsp3) is 0.0800. The summed E-state index contributed by atoms with van der Waals surface area (Å²) in [5, 5.41) is 0. The predicted molar refractivity (Wildman–Crippen MR) is 110 cm³/mol. The van der Waals surface area contributed by atoms with Gasteiger partial charge in [0.05, 0.1) is 11.0 Å². The Morgan fingerprint density at radius 1 is 0.567 bits per heavy atom. The van der Waals surface area contributed by atoms with Crippen LogP contribution in [0.2, 0.25) is 0 Å². The Morgan fingerprint density at radius 3 is 1.53 bits per heavy atom. The Bertz CT molecular complexity index is 1140. The summed E-state index contributed by atoms with van der Waals surface area (Å²) in [7, 11) is 0. The van der Waals surface area contributed by atoms with E-state index in [1.54, 1.807) is 36.4 Å². The molecule has 30 heavy (non-hydrogen) atoms. The lowest BCUT2D eigenvalue weighted by Crippen LogP contribution is -2.34. The van der Waals surface area contributed by atoms with Crippen LogP contribution in [0.15, 0.2) is 108 Å². The van der Waals surface area contributed by atoms with E-state index in [2.05, 4.69) is 4.98 Å². The van der Waals surface area contributed by atoms with Gasteiger partial charge in [-0.1, -0.05) is 84.9 Å². The largest absolute Gasteiger partial charge is 0.416 e. The van der Waals surface area contributed by atoms with E-state index in [1.807, 2.05) is 36.4 Å². The molecule has 1 heterocycles. The second-order valence-electron chi connectivity index (χ2n) is 6.97. The van der Waals surface area contributed by atoms with E-state index >= 15 is 0 Å². The minimum absolute atomic E-state index is 0.0990. The maximum Gasteiger partial charge on any atom is 0.416 e. The quantitative estimate of drug-likeness (QED) is 0.429. The van der Waals surface area contributed by atoms with Gasteiger partial charge in [0.1, 0.15) is 0 Å². The Balaban J connectivity index is 2.21. The first kappa shape index (κ1) is 19.7. The van der Waals surface area contributed by atoms with Crippen LogP contribution in [0.4, 0.5) is 13.2 Å². The molecule has 0 amide bonds. The van der Waals surface area contributed by atoms with Crippen molar-refractivity contribution < 1.29 is 13.2 Å². The van der Waals surface area contributed by atoms with Crippen molar-refractivity contribution in [1.29, 1.82) is 0 Å². The van der Waals surface area contributed by atoms with Crippen molar-refractivity contribution in [2.24, 2.45) is 0 Å². The fourth-order valence-electron chi connectivity index (χ4n) is 4.04. The molecular weight excluding hydrogens is 387 g/mol. The second-order valence-corrected chi connectivity index (χ2v) is 6.97. The molecule has 150 valence electrons. The van der Waals surface area contributed by atoms with Gasteiger partial charge >= 0.3 is 6.18 Å². The van der Waals surface area contributed by atoms with Gasteiger partial charge in [0, 0.05) is 12.3 Å². The van der Waals surface area contributed by atoms with Crippen LogP contribution in [0.1, 0.15) is 27.8 Å². The minimum Gasteiger partial charge on any atom is -0.329 e. The fourth-order valence-corrected chi connectivity index (χ4v) is 4.04. The number of aromatic amines is 1. The number of hydrogen-bond acceptors (Lipinski definition) is 1. The van der Waals surface area contributed by atoms with Gasteiger partial charge in [-0.15, -0.1) is 0 Å². The maximum absolute atomic E-state index is 14.1. The van der Waals surface area contributed by atoms with Gasteiger partial charge < -0.3 is 4.98 Å². The van der Waals surface area contributed by atoms with Crippen LogP contribution in [0.5, 0.6) is 0 Å². The van der Waals surface area contributed by atoms with E-state index in [4.69, 9.17) is 0 Å². The van der Waals surface area contributed by atoms with Crippen molar-refractivity contribution >= 4 is 0 Å². The normalized spacial score (nSPS) is 12.0. The van der Waals surface area contributed by atoms with Crippen LogP contribution in [0.25, 0.3) is 0 Å². The molecule has 0 aliphatic rings. The number of aromatic nitrogens is 1. The lowest BCUT2D eigenvalue weighted by Gasteiger charge is -2.38. The first-order valence-corrected chi connectivity index (χ1v) is 9.41. The highest BCUT2D eigenvalue weighted by atomic mass is 19.4. The molecule has 0 fully saturated rings. The highest BCUT2D eigenvalue weighted by molar-refractivity contribution is 5.61. The molecule has 4 rings (SSSR count). The number of H-pyrrole nitrogens is 1. The zero-order chi connectivity index (χ0) is 21.2. The van der Waals surface area contributed by atoms with Gasteiger partial charge in [-0.3, -0.25) is 4.79 Å². The third-order valence-electron chi connectivity index (χ3n) is 5.27. The Morgan fingerprint density at radius 2 is 1.07 bits per heavy atom. The summed E-state index contributed by atoms with van der Waals surface area (Å²) < 4.78 is 42.4. The number of alkyl halides is 3. The zero-order valence-corrected chi connectivity index (χ0v) is 15.9. The van der Waals surface area contributed by atoms with Crippen LogP contribution in [-0.4, -0.2) is 4.98 Å². The molecule has 5 heteroatoms. The van der Waals surface area contributed by atoms with Crippen LogP contribution >= 0.6 is 0 Å². The molecular formula is C25H18F3NO. The second kappa shape index (κ2) is 7.67.